The van der Waals surface area contributed by atoms with E-state index in [9.17, 15) is 9.59 Å². The van der Waals surface area contributed by atoms with Crippen LogP contribution in [0.3, 0.4) is 0 Å². The molecule has 1 unspecified atom stereocenters. The van der Waals surface area contributed by atoms with Crippen molar-refractivity contribution >= 4 is 28.3 Å². The van der Waals surface area contributed by atoms with Crippen LogP contribution in [0.4, 0.5) is 5.13 Å². The second kappa shape index (κ2) is 6.52. The lowest BCUT2D eigenvalue weighted by Crippen LogP contribution is -2.57. The van der Waals surface area contributed by atoms with Crippen molar-refractivity contribution in [2.45, 2.75) is 25.4 Å². The number of nitrogens with zero attached hydrogens (tertiary/aromatic N) is 5. The van der Waals surface area contributed by atoms with Crippen molar-refractivity contribution in [1.29, 1.82) is 0 Å². The van der Waals surface area contributed by atoms with Crippen molar-refractivity contribution in [3.63, 3.8) is 0 Å². The van der Waals surface area contributed by atoms with Crippen molar-refractivity contribution in [3.05, 3.63) is 23.5 Å². The monoisotopic (exact) mass is 361 g/mol. The largest absolute Gasteiger partial charge is 0.364 e. The molecule has 3 aliphatic heterocycles. The van der Waals surface area contributed by atoms with Crippen molar-refractivity contribution in [3.8, 4) is 0 Å². The summed E-state index contributed by atoms with van der Waals surface area (Å²) in [6, 6.07) is 0.296. The van der Waals surface area contributed by atoms with Gasteiger partial charge in [0.05, 0.1) is 18.7 Å². The molecular weight excluding hydrogens is 342 g/mol. The fourth-order valence-corrected chi connectivity index (χ4v) is 4.36. The van der Waals surface area contributed by atoms with Crippen LogP contribution >= 0.6 is 11.3 Å². The predicted octanol–water partition coefficient (Wildman–Crippen LogP) is 0.183. The molecular formula is C15H19N7O2S. The topological polar surface area (TPSA) is 119 Å². The van der Waals surface area contributed by atoms with Crippen molar-refractivity contribution in [1.82, 2.24) is 24.9 Å². The number of nitrogens with one attached hydrogen (secondary N) is 1. The summed E-state index contributed by atoms with van der Waals surface area (Å²) < 4.78 is 1.66. The van der Waals surface area contributed by atoms with Gasteiger partial charge in [-0.2, -0.15) is 0 Å². The lowest BCUT2D eigenvalue weighted by Gasteiger charge is -2.49. The van der Waals surface area contributed by atoms with Gasteiger partial charge in [0, 0.05) is 24.2 Å². The Morgan fingerprint density at radius 2 is 2.32 bits per heavy atom. The molecule has 0 spiro atoms. The van der Waals surface area contributed by atoms with E-state index in [0.29, 0.717) is 23.6 Å². The maximum absolute atomic E-state index is 12.5. The van der Waals surface area contributed by atoms with Crippen LogP contribution in [0.5, 0.6) is 0 Å². The number of rotatable bonds is 5. The summed E-state index contributed by atoms with van der Waals surface area (Å²) in [7, 11) is 0. The van der Waals surface area contributed by atoms with Gasteiger partial charge >= 0.3 is 0 Å². The molecule has 4 atom stereocenters. The van der Waals surface area contributed by atoms with Gasteiger partial charge in [0.2, 0.25) is 5.91 Å². The van der Waals surface area contributed by atoms with E-state index in [0.717, 1.165) is 25.9 Å². The quantitative estimate of drug-likeness (QED) is 0.784. The highest BCUT2D eigenvalue weighted by molar-refractivity contribution is 7.13. The summed E-state index contributed by atoms with van der Waals surface area (Å²) in [5.41, 5.74) is 5.39. The van der Waals surface area contributed by atoms with E-state index in [1.165, 1.54) is 11.3 Å². The number of hydrogen-bond donors (Lipinski definition) is 2. The van der Waals surface area contributed by atoms with E-state index in [2.05, 4.69) is 25.5 Å². The van der Waals surface area contributed by atoms with Crippen LogP contribution in [0.2, 0.25) is 0 Å². The van der Waals surface area contributed by atoms with Gasteiger partial charge in [-0.3, -0.25) is 19.2 Å². The molecule has 25 heavy (non-hydrogen) atoms. The fourth-order valence-electron chi connectivity index (χ4n) is 3.82. The molecule has 9 nitrogen and oxygen atoms in total. The highest BCUT2D eigenvalue weighted by Crippen LogP contribution is 2.37. The number of carbonyl (C=O) groups excluding carboxylic acids is 2. The number of aromatic nitrogens is 4. The number of thiazole rings is 1. The van der Waals surface area contributed by atoms with Crippen LogP contribution in [-0.2, 0) is 11.3 Å². The van der Waals surface area contributed by atoms with Gasteiger partial charge in [0.1, 0.15) is 0 Å². The third kappa shape index (κ3) is 3.27. The predicted molar refractivity (Wildman–Crippen MR) is 90.9 cm³/mol. The van der Waals surface area contributed by atoms with Crippen molar-refractivity contribution in [2.24, 2.45) is 17.6 Å². The standard InChI is InChI=1S/C15H19N7O2S/c16-13(23)12-8-22(20-19-12)6-10-5-9-1-3-21(10)7-11(9)14(24)18-15-17-2-4-25-15/h2,4,8-11H,1,3,5-7H2,(H2,16,23)(H,17,18,24)/t9-,10+,11+/m0/s1. The first-order valence-electron chi connectivity index (χ1n) is 8.24. The minimum Gasteiger partial charge on any atom is -0.364 e. The normalized spacial score (nSPS) is 28.0. The minimum atomic E-state index is -0.573. The molecule has 3 fully saturated rings. The zero-order chi connectivity index (χ0) is 17.4. The molecule has 132 valence electrons. The van der Waals surface area contributed by atoms with E-state index in [-0.39, 0.29) is 17.5 Å². The Bertz CT molecular complexity index is 775. The molecule has 2 aromatic heterocycles. The SMILES string of the molecule is NC(=O)c1cn(C[C@H]2C[C@@H]3CCN2C[C@H]3C(=O)Nc2nccs2)nn1. The van der Waals surface area contributed by atoms with E-state index >= 15 is 0 Å². The number of hydrogen-bond acceptors (Lipinski definition) is 7. The van der Waals surface area contributed by atoms with E-state index in [4.69, 9.17) is 5.73 Å². The van der Waals surface area contributed by atoms with Gasteiger partial charge in [-0.15, -0.1) is 16.4 Å². The number of amides is 2. The molecule has 0 aromatic carbocycles. The van der Waals surface area contributed by atoms with Crippen LogP contribution in [0.1, 0.15) is 23.3 Å². The van der Waals surface area contributed by atoms with Crippen LogP contribution in [0, 0.1) is 11.8 Å². The van der Waals surface area contributed by atoms with Crippen LogP contribution in [0.15, 0.2) is 17.8 Å². The summed E-state index contributed by atoms with van der Waals surface area (Å²) in [6.07, 6.45) is 5.22. The minimum absolute atomic E-state index is 0.00849. The molecule has 5 rings (SSSR count). The number of fused-ring (bicyclic) bond motifs is 3. The Hall–Kier alpha value is -2.33. The zero-order valence-electron chi connectivity index (χ0n) is 13.5. The van der Waals surface area contributed by atoms with Gasteiger partial charge in [-0.25, -0.2) is 4.98 Å². The molecule has 5 heterocycles. The van der Waals surface area contributed by atoms with Gasteiger partial charge in [-0.05, 0) is 25.3 Å². The van der Waals surface area contributed by atoms with Crippen molar-refractivity contribution in [2.75, 3.05) is 18.4 Å². The Morgan fingerprint density at radius 1 is 1.44 bits per heavy atom. The van der Waals surface area contributed by atoms with E-state index in [1.54, 1.807) is 17.1 Å². The number of anilines is 1. The fraction of sp³-hybridized carbons (Fsp3) is 0.533. The number of primary amides is 1. The summed E-state index contributed by atoms with van der Waals surface area (Å²) in [6.45, 7) is 2.37. The van der Waals surface area contributed by atoms with E-state index < -0.39 is 5.91 Å². The van der Waals surface area contributed by atoms with E-state index in [1.807, 2.05) is 5.38 Å². The summed E-state index contributed by atoms with van der Waals surface area (Å²) in [5.74, 6) is -0.171. The number of piperidine rings is 3. The van der Waals surface area contributed by atoms with Crippen LogP contribution < -0.4 is 11.1 Å². The molecule has 2 bridgehead atoms. The molecule has 0 aliphatic carbocycles. The third-order valence-corrected chi connectivity index (χ3v) is 5.76. The molecule has 0 saturated carbocycles. The molecule has 10 heteroatoms. The third-order valence-electron chi connectivity index (χ3n) is 5.07. The highest BCUT2D eigenvalue weighted by atomic mass is 32.1. The lowest BCUT2D eigenvalue weighted by molar-refractivity contribution is -0.127. The average Bonchev–Trinajstić information content (AvgIpc) is 3.27. The molecule has 2 aromatic rings. The Kier molecular flexibility index (Phi) is 4.22. The smallest absolute Gasteiger partial charge is 0.270 e. The average molecular weight is 361 g/mol. The first-order chi connectivity index (χ1) is 12.1. The Balaban J connectivity index is 1.39. The van der Waals surface area contributed by atoms with Gasteiger partial charge < -0.3 is 11.1 Å². The maximum atomic E-state index is 12.5. The number of carbonyl (C=O) groups is 2. The summed E-state index contributed by atoms with van der Waals surface area (Å²) in [5, 5.41) is 13.2. The first-order valence-corrected chi connectivity index (χ1v) is 9.12. The second-order valence-corrected chi connectivity index (χ2v) is 7.45. The molecule has 3 N–H and O–H groups in total. The van der Waals surface area contributed by atoms with Crippen LogP contribution in [-0.4, -0.2) is 55.8 Å². The van der Waals surface area contributed by atoms with Crippen molar-refractivity contribution < 1.29 is 9.59 Å². The molecule has 2 amide bonds. The molecule has 3 saturated heterocycles. The maximum Gasteiger partial charge on any atom is 0.270 e. The Labute approximate surface area is 148 Å². The Morgan fingerprint density at radius 3 is 2.96 bits per heavy atom. The molecule has 0 radical (unpaired) electrons. The van der Waals surface area contributed by atoms with Gasteiger partial charge in [0.15, 0.2) is 10.8 Å². The summed E-state index contributed by atoms with van der Waals surface area (Å²) >= 11 is 1.43. The van der Waals surface area contributed by atoms with Gasteiger partial charge in [0.25, 0.3) is 5.91 Å². The molecule has 3 aliphatic rings. The van der Waals surface area contributed by atoms with Crippen LogP contribution in [0.25, 0.3) is 0 Å². The summed E-state index contributed by atoms with van der Waals surface area (Å²) in [4.78, 5) is 30.1. The lowest BCUT2D eigenvalue weighted by atomic mass is 9.75. The highest BCUT2D eigenvalue weighted by Gasteiger charge is 2.43. The van der Waals surface area contributed by atoms with Gasteiger partial charge in [-0.1, -0.05) is 5.21 Å². The zero-order valence-corrected chi connectivity index (χ0v) is 14.4. The number of nitrogens with two attached hydrogens (primary N) is 1. The first kappa shape index (κ1) is 16.2. The second-order valence-electron chi connectivity index (χ2n) is 6.56.